The van der Waals surface area contributed by atoms with Crippen LogP contribution in [0.3, 0.4) is 0 Å². The Morgan fingerprint density at radius 3 is 1.00 bits per heavy atom. The molecule has 0 heterocycles. The SMILES string of the molecule is CC(C)CC(CC(C)C)OC(=O)CC(=O)OC(CC(C)C)CC(C)C. The minimum absolute atomic E-state index is 0.123. The van der Waals surface area contributed by atoms with Crippen molar-refractivity contribution in [3.63, 3.8) is 0 Å². The second kappa shape index (κ2) is 12.3. The third-order valence-electron chi connectivity index (χ3n) is 3.82. The zero-order chi connectivity index (χ0) is 19.6. The highest BCUT2D eigenvalue weighted by Gasteiger charge is 2.23. The molecule has 0 fully saturated rings. The summed E-state index contributed by atoms with van der Waals surface area (Å²) in [7, 11) is 0. The second-order valence-corrected chi connectivity index (χ2v) is 8.92. The summed E-state index contributed by atoms with van der Waals surface area (Å²) in [6.45, 7) is 16.9. The maximum absolute atomic E-state index is 12.1. The lowest BCUT2D eigenvalue weighted by Gasteiger charge is -2.23. The van der Waals surface area contributed by atoms with Crippen molar-refractivity contribution >= 4 is 11.9 Å². The van der Waals surface area contributed by atoms with Crippen LogP contribution >= 0.6 is 0 Å². The van der Waals surface area contributed by atoms with Gasteiger partial charge >= 0.3 is 11.9 Å². The average Bonchev–Trinajstić information content (AvgIpc) is 2.33. The van der Waals surface area contributed by atoms with Gasteiger partial charge in [0.1, 0.15) is 18.6 Å². The van der Waals surface area contributed by atoms with Gasteiger partial charge in [-0.3, -0.25) is 9.59 Å². The van der Waals surface area contributed by atoms with Crippen molar-refractivity contribution in [3.8, 4) is 0 Å². The number of hydrogen-bond acceptors (Lipinski definition) is 4. The van der Waals surface area contributed by atoms with E-state index in [0.717, 1.165) is 25.7 Å². The second-order valence-electron chi connectivity index (χ2n) is 8.92. The highest BCUT2D eigenvalue weighted by Crippen LogP contribution is 2.19. The summed E-state index contributed by atoms with van der Waals surface area (Å²) in [5.74, 6) is 0.859. The Kier molecular flexibility index (Phi) is 11.8. The molecule has 4 heteroatoms. The van der Waals surface area contributed by atoms with Crippen LogP contribution in [-0.4, -0.2) is 24.1 Å². The lowest BCUT2D eigenvalue weighted by molar-refractivity contribution is -0.161. The van der Waals surface area contributed by atoms with Gasteiger partial charge in [-0.05, 0) is 49.4 Å². The fourth-order valence-electron chi connectivity index (χ4n) is 3.06. The standard InChI is InChI=1S/C21H40O4/c1-14(2)9-18(10-15(3)4)24-20(22)13-21(23)25-19(11-16(5)6)12-17(7)8/h14-19H,9-13H2,1-8H3. The first-order chi connectivity index (χ1) is 11.5. The molecule has 0 bridgehead atoms. The van der Waals surface area contributed by atoms with Gasteiger partial charge in [0.05, 0.1) is 0 Å². The molecular formula is C21H40O4. The van der Waals surface area contributed by atoms with Gasteiger partial charge in [0, 0.05) is 0 Å². The van der Waals surface area contributed by atoms with E-state index in [0.29, 0.717) is 23.7 Å². The van der Waals surface area contributed by atoms with Gasteiger partial charge in [-0.2, -0.15) is 0 Å². The Morgan fingerprint density at radius 2 is 0.800 bits per heavy atom. The first kappa shape index (κ1) is 23.9. The molecule has 0 unspecified atom stereocenters. The Bertz CT molecular complexity index is 329. The van der Waals surface area contributed by atoms with Crippen LogP contribution in [0.4, 0.5) is 0 Å². The summed E-state index contributed by atoms with van der Waals surface area (Å²) in [5.41, 5.74) is 0. The minimum atomic E-state index is -0.468. The van der Waals surface area contributed by atoms with Gasteiger partial charge < -0.3 is 9.47 Å². The molecular weight excluding hydrogens is 316 g/mol. The van der Waals surface area contributed by atoms with Crippen LogP contribution in [0.15, 0.2) is 0 Å². The number of carbonyl (C=O) groups is 2. The van der Waals surface area contributed by atoms with Gasteiger partial charge in [-0.15, -0.1) is 0 Å². The number of carbonyl (C=O) groups excluding carboxylic acids is 2. The highest BCUT2D eigenvalue weighted by molar-refractivity contribution is 5.91. The predicted molar refractivity (Wildman–Crippen MR) is 102 cm³/mol. The van der Waals surface area contributed by atoms with Crippen LogP contribution in [-0.2, 0) is 19.1 Å². The minimum Gasteiger partial charge on any atom is -0.462 e. The lowest BCUT2D eigenvalue weighted by Crippen LogP contribution is -2.27. The summed E-state index contributed by atoms with van der Waals surface area (Å²) in [4.78, 5) is 24.3. The largest absolute Gasteiger partial charge is 0.462 e. The Hall–Kier alpha value is -1.06. The molecule has 0 atom stereocenters. The molecule has 0 N–H and O–H groups in total. The first-order valence-corrected chi connectivity index (χ1v) is 9.88. The molecule has 0 aliphatic heterocycles. The lowest BCUT2D eigenvalue weighted by atomic mass is 9.98. The van der Waals surface area contributed by atoms with Crippen molar-refractivity contribution in [2.24, 2.45) is 23.7 Å². The van der Waals surface area contributed by atoms with Crippen molar-refractivity contribution in [2.45, 2.75) is 99.7 Å². The molecule has 0 radical (unpaired) electrons. The van der Waals surface area contributed by atoms with E-state index in [1.807, 2.05) is 0 Å². The molecule has 4 nitrogen and oxygen atoms in total. The molecule has 0 aromatic rings. The van der Waals surface area contributed by atoms with E-state index < -0.39 is 11.9 Å². The summed E-state index contributed by atoms with van der Waals surface area (Å²) in [5, 5.41) is 0. The maximum atomic E-state index is 12.1. The van der Waals surface area contributed by atoms with Gasteiger partial charge in [0.15, 0.2) is 0 Å². The predicted octanol–water partition coefficient (Wildman–Crippen LogP) is 5.38. The van der Waals surface area contributed by atoms with Crippen molar-refractivity contribution < 1.29 is 19.1 Å². The Morgan fingerprint density at radius 1 is 0.560 bits per heavy atom. The summed E-state index contributed by atoms with van der Waals surface area (Å²) in [6.07, 6.45) is 2.75. The number of rotatable bonds is 12. The maximum Gasteiger partial charge on any atom is 0.317 e. The number of esters is 2. The van der Waals surface area contributed by atoms with Crippen LogP contribution in [0.1, 0.15) is 87.5 Å². The zero-order valence-electron chi connectivity index (χ0n) is 17.6. The van der Waals surface area contributed by atoms with Crippen LogP contribution < -0.4 is 0 Å². The third-order valence-corrected chi connectivity index (χ3v) is 3.82. The van der Waals surface area contributed by atoms with E-state index in [2.05, 4.69) is 55.4 Å². The molecule has 0 saturated carbocycles. The van der Waals surface area contributed by atoms with Crippen LogP contribution in [0.25, 0.3) is 0 Å². The topological polar surface area (TPSA) is 52.6 Å². The van der Waals surface area contributed by atoms with Gasteiger partial charge in [0.2, 0.25) is 0 Å². The van der Waals surface area contributed by atoms with E-state index in [4.69, 9.17) is 9.47 Å². The average molecular weight is 357 g/mol. The van der Waals surface area contributed by atoms with E-state index >= 15 is 0 Å². The fraction of sp³-hybridized carbons (Fsp3) is 0.905. The fourth-order valence-corrected chi connectivity index (χ4v) is 3.06. The van der Waals surface area contributed by atoms with Gasteiger partial charge in [-0.25, -0.2) is 0 Å². The Labute approximate surface area is 155 Å². The molecule has 0 aromatic heterocycles. The molecule has 148 valence electrons. The summed E-state index contributed by atoms with van der Waals surface area (Å²) in [6, 6.07) is 0. The molecule has 0 spiro atoms. The Balaban J connectivity index is 4.55. The van der Waals surface area contributed by atoms with Gasteiger partial charge in [0.25, 0.3) is 0 Å². The monoisotopic (exact) mass is 356 g/mol. The quantitative estimate of drug-likeness (QED) is 0.348. The van der Waals surface area contributed by atoms with Crippen molar-refractivity contribution in [1.29, 1.82) is 0 Å². The zero-order valence-corrected chi connectivity index (χ0v) is 17.6. The van der Waals surface area contributed by atoms with Crippen molar-refractivity contribution in [2.75, 3.05) is 0 Å². The first-order valence-electron chi connectivity index (χ1n) is 9.88. The summed E-state index contributed by atoms with van der Waals surface area (Å²) >= 11 is 0. The number of hydrogen-bond donors (Lipinski definition) is 0. The molecule has 0 aliphatic rings. The number of ether oxygens (including phenoxy) is 2. The van der Waals surface area contributed by atoms with Crippen LogP contribution in [0.2, 0.25) is 0 Å². The molecule has 25 heavy (non-hydrogen) atoms. The smallest absolute Gasteiger partial charge is 0.317 e. The normalized spacial score (nSPS) is 12.1. The summed E-state index contributed by atoms with van der Waals surface area (Å²) < 4.78 is 11.1. The highest BCUT2D eigenvalue weighted by atomic mass is 16.6. The third kappa shape index (κ3) is 13.9. The van der Waals surface area contributed by atoms with E-state index in [-0.39, 0.29) is 18.6 Å². The molecule has 0 aromatic carbocycles. The van der Waals surface area contributed by atoms with Gasteiger partial charge in [-0.1, -0.05) is 55.4 Å². The molecule has 0 aliphatic carbocycles. The van der Waals surface area contributed by atoms with Crippen LogP contribution in [0, 0.1) is 23.7 Å². The molecule has 0 amide bonds. The van der Waals surface area contributed by atoms with Crippen molar-refractivity contribution in [3.05, 3.63) is 0 Å². The molecule has 0 rings (SSSR count). The van der Waals surface area contributed by atoms with Crippen molar-refractivity contribution in [1.82, 2.24) is 0 Å². The molecule has 0 saturated heterocycles. The van der Waals surface area contributed by atoms with E-state index in [1.54, 1.807) is 0 Å². The van der Waals surface area contributed by atoms with E-state index in [1.165, 1.54) is 0 Å². The van der Waals surface area contributed by atoms with Crippen LogP contribution in [0.5, 0.6) is 0 Å². The van der Waals surface area contributed by atoms with E-state index in [9.17, 15) is 9.59 Å².